The number of hydrogen-bond acceptors (Lipinski definition) is 3. The Labute approximate surface area is 167 Å². The standard InChI is InChI=1S/C20H19Cl2N3O2/c1-13-11-16(7-8-17(13)22)27-12-18(26)24-19(20-23-9-10-25(20)2)14-3-5-15(21)6-4-14/h3-11,19H,12H2,1-2H3,(H,24,26)/t19-/m1/s1. The minimum absolute atomic E-state index is 0.115. The highest BCUT2D eigenvalue weighted by Crippen LogP contribution is 2.23. The third-order valence-electron chi connectivity index (χ3n) is 4.12. The van der Waals surface area contributed by atoms with Crippen molar-refractivity contribution in [2.24, 2.45) is 7.05 Å². The average molecular weight is 404 g/mol. The largest absolute Gasteiger partial charge is 0.484 e. The number of hydrogen-bond donors (Lipinski definition) is 1. The zero-order valence-corrected chi connectivity index (χ0v) is 16.5. The normalized spacial score (nSPS) is 11.9. The number of nitrogens with one attached hydrogen (secondary N) is 1. The highest BCUT2D eigenvalue weighted by atomic mass is 35.5. The first-order chi connectivity index (χ1) is 12.9. The fourth-order valence-electron chi connectivity index (χ4n) is 2.67. The second kappa shape index (κ2) is 8.46. The molecule has 3 rings (SSSR count). The highest BCUT2D eigenvalue weighted by Gasteiger charge is 2.21. The Morgan fingerprint density at radius 2 is 1.96 bits per heavy atom. The summed E-state index contributed by atoms with van der Waals surface area (Å²) >= 11 is 12.0. The number of halogens is 2. The molecule has 0 aliphatic carbocycles. The molecule has 2 aromatic carbocycles. The van der Waals surface area contributed by atoms with Gasteiger partial charge in [-0.2, -0.15) is 0 Å². The van der Waals surface area contributed by atoms with E-state index < -0.39 is 6.04 Å². The number of amides is 1. The number of aromatic nitrogens is 2. The van der Waals surface area contributed by atoms with Gasteiger partial charge in [-0.1, -0.05) is 35.3 Å². The van der Waals surface area contributed by atoms with E-state index in [0.717, 1.165) is 11.1 Å². The maximum Gasteiger partial charge on any atom is 0.258 e. The molecule has 7 heteroatoms. The van der Waals surface area contributed by atoms with Crippen molar-refractivity contribution in [1.82, 2.24) is 14.9 Å². The first kappa shape index (κ1) is 19.3. The second-order valence-corrected chi connectivity index (χ2v) is 6.99. The number of carbonyl (C=O) groups excluding carboxylic acids is 1. The van der Waals surface area contributed by atoms with E-state index in [-0.39, 0.29) is 12.5 Å². The molecule has 140 valence electrons. The van der Waals surface area contributed by atoms with Crippen LogP contribution < -0.4 is 10.1 Å². The summed E-state index contributed by atoms with van der Waals surface area (Å²) in [6.07, 6.45) is 3.52. The lowest BCUT2D eigenvalue weighted by Crippen LogP contribution is -2.34. The molecule has 1 heterocycles. The molecule has 0 saturated heterocycles. The molecule has 0 fully saturated rings. The summed E-state index contributed by atoms with van der Waals surface area (Å²) in [5, 5.41) is 4.26. The summed E-state index contributed by atoms with van der Waals surface area (Å²) in [5.74, 6) is 1.05. The van der Waals surface area contributed by atoms with Crippen molar-refractivity contribution >= 4 is 29.1 Å². The van der Waals surface area contributed by atoms with Crippen molar-refractivity contribution in [3.63, 3.8) is 0 Å². The lowest BCUT2D eigenvalue weighted by Gasteiger charge is -2.19. The van der Waals surface area contributed by atoms with Crippen molar-refractivity contribution in [2.45, 2.75) is 13.0 Å². The molecule has 0 spiro atoms. The van der Waals surface area contributed by atoms with Crippen molar-refractivity contribution in [3.05, 3.63) is 81.9 Å². The predicted octanol–water partition coefficient (Wildman–Crippen LogP) is 4.32. The van der Waals surface area contributed by atoms with Crippen LogP contribution in [0.1, 0.15) is 23.0 Å². The SMILES string of the molecule is Cc1cc(OCC(=O)N[C@H](c2ccc(Cl)cc2)c2nccn2C)ccc1Cl. The molecule has 1 N–H and O–H groups in total. The lowest BCUT2D eigenvalue weighted by atomic mass is 10.1. The molecule has 1 amide bonds. The van der Waals surface area contributed by atoms with Crippen LogP contribution in [0.4, 0.5) is 0 Å². The van der Waals surface area contributed by atoms with Crippen LogP contribution in [0, 0.1) is 6.92 Å². The topological polar surface area (TPSA) is 56.1 Å². The maximum atomic E-state index is 12.5. The third-order valence-corrected chi connectivity index (χ3v) is 4.80. The molecule has 0 aliphatic heterocycles. The monoisotopic (exact) mass is 403 g/mol. The maximum absolute atomic E-state index is 12.5. The molecule has 0 saturated carbocycles. The number of nitrogens with zero attached hydrogens (tertiary/aromatic N) is 2. The summed E-state index contributed by atoms with van der Waals surface area (Å²) < 4.78 is 7.45. The van der Waals surface area contributed by atoms with Crippen molar-refractivity contribution in [3.8, 4) is 5.75 Å². The Morgan fingerprint density at radius 3 is 2.59 bits per heavy atom. The Kier molecular flexibility index (Phi) is 6.04. The minimum atomic E-state index is -0.412. The number of ether oxygens (including phenoxy) is 1. The Morgan fingerprint density at radius 1 is 1.22 bits per heavy atom. The molecule has 27 heavy (non-hydrogen) atoms. The van der Waals surface area contributed by atoms with Crippen LogP contribution in [0.25, 0.3) is 0 Å². The number of imidazole rings is 1. The van der Waals surface area contributed by atoms with Crippen molar-refractivity contribution in [1.29, 1.82) is 0 Å². The number of aryl methyl sites for hydroxylation is 2. The average Bonchev–Trinajstić information content (AvgIpc) is 3.07. The van der Waals surface area contributed by atoms with E-state index in [0.29, 0.717) is 21.6 Å². The molecule has 1 atom stereocenters. The Balaban J connectivity index is 1.73. The Hall–Kier alpha value is -2.50. The molecular formula is C20H19Cl2N3O2. The minimum Gasteiger partial charge on any atom is -0.484 e. The molecule has 0 aliphatic rings. The van der Waals surface area contributed by atoms with E-state index in [4.69, 9.17) is 27.9 Å². The number of carbonyl (C=O) groups is 1. The van der Waals surface area contributed by atoms with Gasteiger partial charge in [0.25, 0.3) is 5.91 Å². The lowest BCUT2D eigenvalue weighted by molar-refractivity contribution is -0.123. The first-order valence-corrected chi connectivity index (χ1v) is 9.10. The Bertz CT molecular complexity index is 939. The van der Waals surface area contributed by atoms with Crippen LogP contribution in [-0.2, 0) is 11.8 Å². The predicted molar refractivity (Wildman–Crippen MR) is 106 cm³/mol. The molecule has 5 nitrogen and oxygen atoms in total. The van der Waals surface area contributed by atoms with Gasteiger partial charge in [0.1, 0.15) is 17.6 Å². The van der Waals surface area contributed by atoms with Gasteiger partial charge in [0.2, 0.25) is 0 Å². The molecule has 1 aromatic heterocycles. The summed E-state index contributed by atoms with van der Waals surface area (Å²) in [6, 6.07) is 12.2. The van der Waals surface area contributed by atoms with Crippen LogP contribution in [0.15, 0.2) is 54.9 Å². The molecule has 0 bridgehead atoms. The van der Waals surface area contributed by atoms with Crippen LogP contribution in [0.5, 0.6) is 5.75 Å². The quantitative estimate of drug-likeness (QED) is 0.666. The van der Waals surface area contributed by atoms with Gasteiger partial charge in [0, 0.05) is 29.5 Å². The number of rotatable bonds is 6. The fraction of sp³-hybridized carbons (Fsp3) is 0.200. The van der Waals surface area contributed by atoms with Gasteiger partial charge < -0.3 is 14.6 Å². The third kappa shape index (κ3) is 4.81. The van der Waals surface area contributed by atoms with Crippen LogP contribution >= 0.6 is 23.2 Å². The number of benzene rings is 2. The van der Waals surface area contributed by atoms with Crippen molar-refractivity contribution in [2.75, 3.05) is 6.61 Å². The van der Waals surface area contributed by atoms with E-state index in [1.165, 1.54) is 0 Å². The van der Waals surface area contributed by atoms with Gasteiger partial charge in [-0.25, -0.2) is 4.98 Å². The van der Waals surface area contributed by atoms with Gasteiger partial charge in [0.05, 0.1) is 0 Å². The van der Waals surface area contributed by atoms with E-state index >= 15 is 0 Å². The summed E-state index contributed by atoms with van der Waals surface area (Å²) in [7, 11) is 1.88. The smallest absolute Gasteiger partial charge is 0.258 e. The zero-order chi connectivity index (χ0) is 19.4. The summed E-state index contributed by atoms with van der Waals surface area (Å²) in [5.41, 5.74) is 1.77. The van der Waals surface area contributed by atoms with Crippen LogP contribution in [-0.4, -0.2) is 22.1 Å². The molecule has 0 unspecified atom stereocenters. The summed E-state index contributed by atoms with van der Waals surface area (Å²) in [6.45, 7) is 1.77. The highest BCUT2D eigenvalue weighted by molar-refractivity contribution is 6.31. The van der Waals surface area contributed by atoms with E-state index in [2.05, 4.69) is 10.3 Å². The van der Waals surface area contributed by atoms with Crippen LogP contribution in [0.3, 0.4) is 0 Å². The van der Waals surface area contributed by atoms with Gasteiger partial charge in [0.15, 0.2) is 6.61 Å². The van der Waals surface area contributed by atoms with Gasteiger partial charge in [-0.3, -0.25) is 4.79 Å². The molecule has 3 aromatic rings. The fourth-order valence-corrected chi connectivity index (χ4v) is 2.91. The van der Waals surface area contributed by atoms with E-state index in [1.807, 2.05) is 36.9 Å². The van der Waals surface area contributed by atoms with E-state index in [1.54, 1.807) is 36.5 Å². The van der Waals surface area contributed by atoms with Crippen LogP contribution in [0.2, 0.25) is 10.0 Å². The van der Waals surface area contributed by atoms with Crippen molar-refractivity contribution < 1.29 is 9.53 Å². The summed E-state index contributed by atoms with van der Waals surface area (Å²) in [4.78, 5) is 16.9. The molecular weight excluding hydrogens is 385 g/mol. The van der Waals surface area contributed by atoms with E-state index in [9.17, 15) is 4.79 Å². The van der Waals surface area contributed by atoms with Gasteiger partial charge in [-0.15, -0.1) is 0 Å². The molecule has 0 radical (unpaired) electrons. The second-order valence-electron chi connectivity index (χ2n) is 6.15. The van der Waals surface area contributed by atoms with Gasteiger partial charge >= 0.3 is 0 Å². The van der Waals surface area contributed by atoms with Gasteiger partial charge in [-0.05, 0) is 48.4 Å². The first-order valence-electron chi connectivity index (χ1n) is 8.35. The zero-order valence-electron chi connectivity index (χ0n) is 14.9.